The lowest BCUT2D eigenvalue weighted by Gasteiger charge is -2.23. The van der Waals surface area contributed by atoms with Crippen molar-refractivity contribution in [2.75, 3.05) is 26.2 Å². The zero-order valence-electron chi connectivity index (χ0n) is 15.3. The van der Waals surface area contributed by atoms with Gasteiger partial charge in [-0.3, -0.25) is 14.5 Å². The minimum absolute atomic E-state index is 0.00426. The van der Waals surface area contributed by atoms with E-state index in [1.807, 2.05) is 23.1 Å². The Labute approximate surface area is 164 Å². The minimum Gasteiger partial charge on any atom is -0.337 e. The van der Waals surface area contributed by atoms with Crippen LogP contribution in [0.4, 0.5) is 0 Å². The Hall–Kier alpha value is -2.11. The second-order valence-electron chi connectivity index (χ2n) is 7.41. The van der Waals surface area contributed by atoms with E-state index in [-0.39, 0.29) is 11.5 Å². The standard InChI is InChI=1S/C21H24ClN3O2/c22-19-6-2-1-5-16(19)13-25-14-17(7-8-20(25)26)21(27)24-12-9-18(15-24)23-10-3-4-11-23/h1-2,5-8,14,18H,3-4,9-13,15H2. The molecule has 2 aromatic rings. The molecule has 1 aromatic heterocycles. The fourth-order valence-corrected chi connectivity index (χ4v) is 4.30. The van der Waals surface area contributed by atoms with Crippen molar-refractivity contribution in [3.63, 3.8) is 0 Å². The summed E-state index contributed by atoms with van der Waals surface area (Å²) in [7, 11) is 0. The molecule has 0 radical (unpaired) electrons. The molecule has 1 unspecified atom stereocenters. The summed E-state index contributed by atoms with van der Waals surface area (Å²) < 4.78 is 1.56. The third-order valence-corrected chi connectivity index (χ3v) is 6.01. The molecule has 4 rings (SSSR count). The summed E-state index contributed by atoms with van der Waals surface area (Å²) >= 11 is 6.22. The average molecular weight is 386 g/mol. The molecule has 142 valence electrons. The number of nitrogens with zero attached hydrogens (tertiary/aromatic N) is 3. The van der Waals surface area contributed by atoms with Crippen LogP contribution in [0.3, 0.4) is 0 Å². The summed E-state index contributed by atoms with van der Waals surface area (Å²) in [5.41, 5.74) is 1.28. The number of hydrogen-bond acceptors (Lipinski definition) is 3. The first-order valence-electron chi connectivity index (χ1n) is 9.59. The number of aromatic nitrogens is 1. The van der Waals surface area contributed by atoms with E-state index in [1.54, 1.807) is 22.9 Å². The van der Waals surface area contributed by atoms with E-state index in [0.29, 0.717) is 23.2 Å². The quantitative estimate of drug-likeness (QED) is 0.813. The van der Waals surface area contributed by atoms with E-state index in [9.17, 15) is 9.59 Å². The van der Waals surface area contributed by atoms with E-state index < -0.39 is 0 Å². The number of hydrogen-bond donors (Lipinski definition) is 0. The van der Waals surface area contributed by atoms with Gasteiger partial charge in [0.1, 0.15) is 0 Å². The Kier molecular flexibility index (Phi) is 5.32. The SMILES string of the molecule is O=C(c1ccc(=O)n(Cc2ccccc2Cl)c1)N1CCC(N2CCCC2)C1. The maximum Gasteiger partial charge on any atom is 0.255 e. The molecule has 2 saturated heterocycles. The molecule has 1 aromatic carbocycles. The second-order valence-corrected chi connectivity index (χ2v) is 7.82. The molecule has 1 atom stereocenters. The molecule has 1 amide bonds. The van der Waals surface area contributed by atoms with Crippen LogP contribution in [0.5, 0.6) is 0 Å². The predicted molar refractivity (Wildman–Crippen MR) is 106 cm³/mol. The van der Waals surface area contributed by atoms with Crippen molar-refractivity contribution >= 4 is 17.5 Å². The van der Waals surface area contributed by atoms with Gasteiger partial charge in [0.05, 0.1) is 12.1 Å². The fourth-order valence-electron chi connectivity index (χ4n) is 4.11. The van der Waals surface area contributed by atoms with E-state index in [0.717, 1.165) is 38.2 Å². The zero-order chi connectivity index (χ0) is 18.8. The highest BCUT2D eigenvalue weighted by molar-refractivity contribution is 6.31. The zero-order valence-corrected chi connectivity index (χ0v) is 16.1. The molecular formula is C21H24ClN3O2. The van der Waals surface area contributed by atoms with Crippen molar-refractivity contribution in [2.24, 2.45) is 0 Å². The van der Waals surface area contributed by atoms with Crippen LogP contribution in [-0.4, -0.2) is 52.5 Å². The van der Waals surface area contributed by atoms with Crippen LogP contribution in [0, 0.1) is 0 Å². The van der Waals surface area contributed by atoms with Crippen LogP contribution in [0.15, 0.2) is 47.4 Å². The lowest BCUT2D eigenvalue weighted by atomic mass is 10.2. The molecule has 2 aliphatic rings. The number of likely N-dealkylation sites (tertiary alicyclic amines) is 2. The largest absolute Gasteiger partial charge is 0.337 e. The highest BCUT2D eigenvalue weighted by Crippen LogP contribution is 2.22. The topological polar surface area (TPSA) is 45.6 Å². The van der Waals surface area contributed by atoms with Gasteiger partial charge in [-0.2, -0.15) is 0 Å². The molecule has 5 nitrogen and oxygen atoms in total. The number of rotatable bonds is 4. The van der Waals surface area contributed by atoms with E-state index in [2.05, 4.69) is 4.90 Å². The Balaban J connectivity index is 1.50. The van der Waals surface area contributed by atoms with Gasteiger partial charge >= 0.3 is 0 Å². The number of benzene rings is 1. The van der Waals surface area contributed by atoms with Crippen molar-refractivity contribution in [3.05, 3.63) is 69.1 Å². The summed E-state index contributed by atoms with van der Waals surface area (Å²) in [6, 6.07) is 11.0. The Morgan fingerprint density at radius 1 is 1.07 bits per heavy atom. The van der Waals surface area contributed by atoms with Gasteiger partial charge in [-0.25, -0.2) is 0 Å². The number of amides is 1. The Bertz CT molecular complexity index is 889. The molecule has 2 aliphatic heterocycles. The van der Waals surface area contributed by atoms with Crippen LogP contribution < -0.4 is 5.56 Å². The minimum atomic E-state index is -0.136. The summed E-state index contributed by atoms with van der Waals surface area (Å²) in [5.74, 6) is 0.00426. The number of carbonyl (C=O) groups excluding carboxylic acids is 1. The monoisotopic (exact) mass is 385 g/mol. The first-order valence-corrected chi connectivity index (χ1v) is 9.97. The van der Waals surface area contributed by atoms with Gasteiger partial charge in [0.25, 0.3) is 11.5 Å². The van der Waals surface area contributed by atoms with Gasteiger partial charge in [-0.15, -0.1) is 0 Å². The second kappa shape index (κ2) is 7.87. The molecule has 0 N–H and O–H groups in total. The molecule has 27 heavy (non-hydrogen) atoms. The van der Waals surface area contributed by atoms with Crippen molar-refractivity contribution in [3.8, 4) is 0 Å². The molecule has 0 saturated carbocycles. The first-order chi connectivity index (χ1) is 13.1. The fraction of sp³-hybridized carbons (Fsp3) is 0.429. The van der Waals surface area contributed by atoms with Crippen LogP contribution in [-0.2, 0) is 6.54 Å². The normalized spacial score (nSPS) is 20.3. The molecule has 0 bridgehead atoms. The predicted octanol–water partition coefficient (Wildman–Crippen LogP) is 2.86. The third kappa shape index (κ3) is 3.94. The average Bonchev–Trinajstić information content (AvgIpc) is 3.36. The van der Waals surface area contributed by atoms with E-state index in [4.69, 9.17) is 11.6 Å². The van der Waals surface area contributed by atoms with Crippen LogP contribution in [0.2, 0.25) is 5.02 Å². The van der Waals surface area contributed by atoms with Gasteiger partial charge < -0.3 is 9.47 Å². The van der Waals surface area contributed by atoms with Crippen molar-refractivity contribution in [2.45, 2.75) is 31.8 Å². The summed E-state index contributed by atoms with van der Waals surface area (Å²) in [5, 5.41) is 0.620. The molecule has 0 spiro atoms. The van der Waals surface area contributed by atoms with E-state index >= 15 is 0 Å². The number of pyridine rings is 1. The van der Waals surface area contributed by atoms with Crippen LogP contribution >= 0.6 is 11.6 Å². The first kappa shape index (κ1) is 18.3. The highest BCUT2D eigenvalue weighted by atomic mass is 35.5. The van der Waals surface area contributed by atoms with Crippen molar-refractivity contribution in [1.82, 2.24) is 14.4 Å². The molecule has 0 aliphatic carbocycles. The van der Waals surface area contributed by atoms with Gasteiger partial charge in [0, 0.05) is 36.4 Å². The Morgan fingerprint density at radius 2 is 1.85 bits per heavy atom. The molecule has 3 heterocycles. The molecular weight excluding hydrogens is 362 g/mol. The van der Waals surface area contributed by atoms with Crippen LogP contribution in [0.1, 0.15) is 35.2 Å². The molecule has 6 heteroatoms. The Morgan fingerprint density at radius 3 is 2.63 bits per heavy atom. The third-order valence-electron chi connectivity index (χ3n) is 5.64. The maximum absolute atomic E-state index is 13.0. The van der Waals surface area contributed by atoms with Crippen molar-refractivity contribution in [1.29, 1.82) is 0 Å². The number of carbonyl (C=O) groups is 1. The lowest BCUT2D eigenvalue weighted by Crippen LogP contribution is -2.37. The highest BCUT2D eigenvalue weighted by Gasteiger charge is 2.32. The molecule has 2 fully saturated rings. The van der Waals surface area contributed by atoms with Gasteiger partial charge in [0.2, 0.25) is 0 Å². The lowest BCUT2D eigenvalue weighted by molar-refractivity contribution is 0.0779. The van der Waals surface area contributed by atoms with E-state index in [1.165, 1.54) is 18.9 Å². The van der Waals surface area contributed by atoms with Gasteiger partial charge in [-0.1, -0.05) is 29.8 Å². The maximum atomic E-state index is 13.0. The van der Waals surface area contributed by atoms with Crippen LogP contribution in [0.25, 0.3) is 0 Å². The number of halogens is 1. The van der Waals surface area contributed by atoms with Gasteiger partial charge in [-0.05, 0) is 50.0 Å². The summed E-state index contributed by atoms with van der Waals surface area (Å²) in [6.07, 6.45) is 5.22. The van der Waals surface area contributed by atoms with Gasteiger partial charge in [0.15, 0.2) is 0 Å². The summed E-state index contributed by atoms with van der Waals surface area (Å²) in [6.45, 7) is 4.22. The van der Waals surface area contributed by atoms with Crippen molar-refractivity contribution < 1.29 is 4.79 Å². The smallest absolute Gasteiger partial charge is 0.255 e. The summed E-state index contributed by atoms with van der Waals surface area (Å²) in [4.78, 5) is 29.6.